The fraction of sp³-hybridized carbons (Fsp3) is 0.438. The Morgan fingerprint density at radius 2 is 2.20 bits per heavy atom. The summed E-state index contributed by atoms with van der Waals surface area (Å²) in [7, 11) is 1.53. The van der Waals surface area contributed by atoms with Crippen molar-refractivity contribution in [1.82, 2.24) is 19.9 Å². The Morgan fingerprint density at radius 1 is 1.40 bits per heavy atom. The van der Waals surface area contributed by atoms with Crippen LogP contribution in [-0.4, -0.2) is 45.6 Å². The lowest BCUT2D eigenvalue weighted by atomic mass is 10.1. The summed E-state index contributed by atoms with van der Waals surface area (Å²) in [5.74, 6) is 0.608. The van der Waals surface area contributed by atoms with Crippen LogP contribution in [0.1, 0.15) is 24.2 Å². The highest BCUT2D eigenvalue weighted by Crippen LogP contribution is 2.25. The number of carbonyl (C=O) groups is 1. The summed E-state index contributed by atoms with van der Waals surface area (Å²) in [5, 5.41) is 0. The highest BCUT2D eigenvalue weighted by molar-refractivity contribution is 5.76. The van der Waals surface area contributed by atoms with Gasteiger partial charge in [-0.25, -0.2) is 9.97 Å². The van der Waals surface area contributed by atoms with Crippen molar-refractivity contribution >= 4 is 5.91 Å². The van der Waals surface area contributed by atoms with Crippen molar-refractivity contribution < 1.29 is 22.7 Å². The molecule has 3 heterocycles. The first-order valence-electron chi connectivity index (χ1n) is 7.78. The molecule has 3 rings (SSSR count). The van der Waals surface area contributed by atoms with Crippen LogP contribution in [0.25, 0.3) is 11.4 Å². The predicted molar refractivity (Wildman–Crippen MR) is 82.8 cm³/mol. The minimum atomic E-state index is -4.32. The van der Waals surface area contributed by atoms with Crippen molar-refractivity contribution in [3.05, 3.63) is 29.7 Å². The number of fused-ring (bicyclic) bond motifs is 1. The molecule has 134 valence electrons. The smallest absolute Gasteiger partial charge is 0.389 e. The van der Waals surface area contributed by atoms with Gasteiger partial charge in [0, 0.05) is 37.2 Å². The van der Waals surface area contributed by atoms with Crippen LogP contribution in [0.5, 0.6) is 5.88 Å². The molecule has 0 radical (unpaired) electrons. The van der Waals surface area contributed by atoms with Gasteiger partial charge in [0.2, 0.25) is 11.8 Å². The monoisotopic (exact) mass is 354 g/mol. The molecule has 0 aromatic carbocycles. The van der Waals surface area contributed by atoms with E-state index in [1.165, 1.54) is 12.0 Å². The third kappa shape index (κ3) is 4.09. The summed E-state index contributed by atoms with van der Waals surface area (Å²) >= 11 is 0. The number of hydrogen-bond donors (Lipinski definition) is 1. The molecule has 0 spiro atoms. The maximum atomic E-state index is 12.3. The van der Waals surface area contributed by atoms with Gasteiger partial charge in [-0.1, -0.05) is 0 Å². The molecule has 1 amide bonds. The Labute approximate surface area is 142 Å². The van der Waals surface area contributed by atoms with E-state index in [-0.39, 0.29) is 6.54 Å². The van der Waals surface area contributed by atoms with E-state index in [9.17, 15) is 18.0 Å². The summed E-state index contributed by atoms with van der Waals surface area (Å²) in [5.41, 5.74) is 2.34. The predicted octanol–water partition coefficient (Wildman–Crippen LogP) is 2.71. The van der Waals surface area contributed by atoms with Gasteiger partial charge in [0.1, 0.15) is 5.82 Å². The van der Waals surface area contributed by atoms with Gasteiger partial charge >= 0.3 is 6.18 Å². The van der Waals surface area contributed by atoms with Crippen LogP contribution in [0.2, 0.25) is 0 Å². The van der Waals surface area contributed by atoms with Gasteiger partial charge in [0.05, 0.1) is 31.5 Å². The van der Waals surface area contributed by atoms with Gasteiger partial charge in [0.25, 0.3) is 0 Å². The first-order valence-corrected chi connectivity index (χ1v) is 7.78. The third-order valence-electron chi connectivity index (χ3n) is 4.03. The highest BCUT2D eigenvalue weighted by atomic mass is 19.4. The van der Waals surface area contributed by atoms with Crippen LogP contribution in [0.15, 0.2) is 18.3 Å². The molecule has 0 aliphatic carbocycles. The Hall–Kier alpha value is -2.58. The van der Waals surface area contributed by atoms with Crippen LogP contribution in [0.4, 0.5) is 13.2 Å². The van der Waals surface area contributed by atoms with Crippen LogP contribution in [0.3, 0.4) is 0 Å². The van der Waals surface area contributed by atoms with E-state index >= 15 is 0 Å². The van der Waals surface area contributed by atoms with Gasteiger partial charge in [-0.3, -0.25) is 4.79 Å². The number of ether oxygens (including phenoxy) is 1. The molecule has 0 saturated heterocycles. The van der Waals surface area contributed by atoms with Crippen molar-refractivity contribution in [3.63, 3.8) is 0 Å². The second-order valence-electron chi connectivity index (χ2n) is 5.78. The summed E-state index contributed by atoms with van der Waals surface area (Å²) < 4.78 is 41.8. The fourth-order valence-corrected chi connectivity index (χ4v) is 2.69. The molecule has 0 unspecified atom stereocenters. The lowest BCUT2D eigenvalue weighted by molar-refractivity contribution is -0.149. The molecule has 1 aliphatic heterocycles. The zero-order valence-electron chi connectivity index (χ0n) is 13.6. The van der Waals surface area contributed by atoms with Crippen LogP contribution in [0, 0.1) is 0 Å². The zero-order valence-corrected chi connectivity index (χ0v) is 13.6. The molecule has 0 bridgehead atoms. The van der Waals surface area contributed by atoms with Gasteiger partial charge < -0.3 is 14.6 Å². The number of aromatic amines is 1. The van der Waals surface area contributed by atoms with Gasteiger partial charge in [-0.15, -0.1) is 0 Å². The van der Waals surface area contributed by atoms with Crippen molar-refractivity contribution in [3.8, 4) is 17.3 Å². The lowest BCUT2D eigenvalue weighted by Gasteiger charge is -2.26. The van der Waals surface area contributed by atoms with Crippen LogP contribution in [-0.2, 0) is 17.8 Å². The topological polar surface area (TPSA) is 71.1 Å². The fourth-order valence-electron chi connectivity index (χ4n) is 2.69. The molecule has 1 aliphatic rings. The number of hydrogen-bond acceptors (Lipinski definition) is 4. The van der Waals surface area contributed by atoms with Gasteiger partial charge in [-0.2, -0.15) is 13.2 Å². The molecule has 1 N–H and O–H groups in total. The largest absolute Gasteiger partial charge is 0.481 e. The second kappa shape index (κ2) is 6.73. The summed E-state index contributed by atoms with van der Waals surface area (Å²) in [6.07, 6.45) is -3.81. The standard InChI is InChI=1S/C16H17F3N4O2/c1-25-13-3-2-10(8-20-13)15-21-11-5-7-23(9-12(11)22-15)14(24)4-6-16(17,18)19/h2-3,8H,4-7,9H2,1H3,(H,21,22). The van der Waals surface area contributed by atoms with E-state index in [2.05, 4.69) is 15.0 Å². The second-order valence-corrected chi connectivity index (χ2v) is 5.78. The first kappa shape index (κ1) is 17.2. The van der Waals surface area contributed by atoms with E-state index in [0.29, 0.717) is 24.7 Å². The van der Waals surface area contributed by atoms with Crippen molar-refractivity contribution in [1.29, 1.82) is 0 Å². The number of methoxy groups -OCH3 is 1. The summed E-state index contributed by atoms with van der Waals surface area (Å²) in [6, 6.07) is 3.52. The average molecular weight is 354 g/mol. The normalized spacial score (nSPS) is 14.3. The molecule has 2 aromatic rings. The maximum Gasteiger partial charge on any atom is 0.389 e. The summed E-state index contributed by atoms with van der Waals surface area (Å²) in [6.45, 7) is 0.609. The number of nitrogens with one attached hydrogen (secondary N) is 1. The number of amides is 1. The Morgan fingerprint density at radius 3 is 2.84 bits per heavy atom. The molecule has 2 aromatic heterocycles. The van der Waals surface area contributed by atoms with Crippen LogP contribution >= 0.6 is 0 Å². The number of imidazole rings is 1. The Kier molecular flexibility index (Phi) is 4.65. The highest BCUT2D eigenvalue weighted by Gasteiger charge is 2.30. The Balaban J connectivity index is 1.69. The minimum absolute atomic E-state index is 0.239. The van der Waals surface area contributed by atoms with Crippen molar-refractivity contribution in [2.24, 2.45) is 0 Å². The van der Waals surface area contributed by atoms with E-state index in [1.807, 2.05) is 6.07 Å². The van der Waals surface area contributed by atoms with Crippen molar-refractivity contribution in [2.45, 2.75) is 32.0 Å². The minimum Gasteiger partial charge on any atom is -0.481 e. The number of carbonyl (C=O) groups excluding carboxylic acids is 1. The molecule has 9 heteroatoms. The van der Waals surface area contributed by atoms with Gasteiger partial charge in [0.15, 0.2) is 0 Å². The average Bonchev–Trinajstić information content (AvgIpc) is 3.02. The molecular formula is C16H17F3N4O2. The van der Waals surface area contributed by atoms with E-state index in [4.69, 9.17) is 4.74 Å². The number of H-pyrrole nitrogens is 1. The number of halogens is 3. The summed E-state index contributed by atoms with van der Waals surface area (Å²) in [4.78, 5) is 25.2. The maximum absolute atomic E-state index is 12.3. The lowest BCUT2D eigenvalue weighted by Crippen LogP contribution is -2.36. The number of alkyl halides is 3. The number of aromatic nitrogens is 3. The van der Waals surface area contributed by atoms with Gasteiger partial charge in [-0.05, 0) is 6.07 Å². The number of nitrogens with zero attached hydrogens (tertiary/aromatic N) is 3. The molecule has 0 atom stereocenters. The molecule has 25 heavy (non-hydrogen) atoms. The molecule has 0 fully saturated rings. The SMILES string of the molecule is COc1ccc(-c2nc3c([nH]2)CN(C(=O)CCC(F)(F)F)CC3)cn1. The van der Waals surface area contributed by atoms with E-state index in [0.717, 1.165) is 17.0 Å². The van der Waals surface area contributed by atoms with E-state index < -0.39 is 24.9 Å². The third-order valence-corrected chi connectivity index (χ3v) is 4.03. The van der Waals surface area contributed by atoms with Crippen LogP contribution < -0.4 is 4.74 Å². The molecule has 0 saturated carbocycles. The number of pyridine rings is 1. The van der Waals surface area contributed by atoms with Crippen molar-refractivity contribution in [2.75, 3.05) is 13.7 Å². The number of rotatable bonds is 4. The molecule has 6 nitrogen and oxygen atoms in total. The first-order chi connectivity index (χ1) is 11.9. The quantitative estimate of drug-likeness (QED) is 0.916. The Bertz CT molecular complexity index is 756. The zero-order chi connectivity index (χ0) is 18.0. The molecular weight excluding hydrogens is 337 g/mol. The van der Waals surface area contributed by atoms with E-state index in [1.54, 1.807) is 12.3 Å².